The molecule has 0 aromatic heterocycles. The first-order valence-electron chi connectivity index (χ1n) is 9.70. The van der Waals surface area contributed by atoms with Gasteiger partial charge < -0.3 is 29.2 Å². The van der Waals surface area contributed by atoms with Crippen molar-refractivity contribution in [3.8, 4) is 34.5 Å². The van der Waals surface area contributed by atoms with Gasteiger partial charge in [0.25, 0.3) is 0 Å². The maximum Gasteiger partial charge on any atom is 0.203 e. The summed E-state index contributed by atoms with van der Waals surface area (Å²) < 4.78 is 36.6. The minimum atomic E-state index is -0.701. The van der Waals surface area contributed by atoms with Crippen LogP contribution in [0.15, 0.2) is 48.5 Å². The van der Waals surface area contributed by atoms with Crippen LogP contribution in [0.4, 0.5) is 4.39 Å². The van der Waals surface area contributed by atoms with Gasteiger partial charge in [-0.05, 0) is 41.5 Å². The molecule has 0 radical (unpaired) electrons. The molecule has 0 aliphatic carbocycles. The van der Waals surface area contributed by atoms with Gasteiger partial charge in [-0.2, -0.15) is 0 Å². The highest BCUT2D eigenvalue weighted by atomic mass is 19.1. The van der Waals surface area contributed by atoms with Crippen molar-refractivity contribution in [2.45, 2.75) is 11.8 Å². The first-order valence-corrected chi connectivity index (χ1v) is 9.70. The molecule has 2 atom stereocenters. The minimum absolute atomic E-state index is 0.0839. The van der Waals surface area contributed by atoms with Crippen molar-refractivity contribution in [2.24, 2.45) is 0 Å². The zero-order valence-electron chi connectivity index (χ0n) is 17.4. The minimum Gasteiger partial charge on any atom is -0.508 e. The van der Waals surface area contributed by atoms with Crippen molar-refractivity contribution in [3.63, 3.8) is 0 Å². The molecule has 0 saturated carbocycles. The van der Waals surface area contributed by atoms with Crippen molar-refractivity contribution in [1.82, 2.24) is 0 Å². The first-order chi connectivity index (χ1) is 15.0. The summed E-state index contributed by atoms with van der Waals surface area (Å²) in [5.74, 6) is 0.454. The third kappa shape index (κ3) is 3.67. The summed E-state index contributed by atoms with van der Waals surface area (Å²) in [6, 6.07) is 12.9. The molecule has 1 aliphatic rings. The van der Waals surface area contributed by atoms with Crippen LogP contribution in [-0.4, -0.2) is 38.1 Å². The Bertz CT molecular complexity index is 1090. The Morgan fingerprint density at radius 2 is 1.58 bits per heavy atom. The normalized spacial score (nSPS) is 17.4. The van der Waals surface area contributed by atoms with Crippen LogP contribution in [0.2, 0.25) is 0 Å². The lowest BCUT2D eigenvalue weighted by atomic mass is 9.75. The molecule has 31 heavy (non-hydrogen) atoms. The summed E-state index contributed by atoms with van der Waals surface area (Å²) in [6.45, 7) is 0.280. The summed E-state index contributed by atoms with van der Waals surface area (Å²) in [5.41, 5.74) is 2.32. The lowest BCUT2D eigenvalue weighted by molar-refractivity contribution is 0.246. The monoisotopic (exact) mass is 426 g/mol. The van der Waals surface area contributed by atoms with Crippen LogP contribution in [0, 0.1) is 5.82 Å². The van der Waals surface area contributed by atoms with Gasteiger partial charge in [-0.3, -0.25) is 0 Å². The molecule has 0 bridgehead atoms. The Morgan fingerprint density at radius 3 is 2.19 bits per heavy atom. The van der Waals surface area contributed by atoms with E-state index in [1.165, 1.54) is 19.2 Å². The van der Waals surface area contributed by atoms with Gasteiger partial charge in [0, 0.05) is 23.5 Å². The highest BCUT2D eigenvalue weighted by Crippen LogP contribution is 2.50. The Labute approximate surface area is 179 Å². The van der Waals surface area contributed by atoms with Gasteiger partial charge in [0.05, 0.1) is 27.9 Å². The van der Waals surface area contributed by atoms with Crippen LogP contribution in [0.25, 0.3) is 0 Å². The maximum absolute atomic E-state index is 14.3. The fourth-order valence-electron chi connectivity index (χ4n) is 4.13. The van der Waals surface area contributed by atoms with Crippen LogP contribution in [-0.2, 0) is 0 Å². The van der Waals surface area contributed by atoms with E-state index in [-0.39, 0.29) is 24.2 Å². The van der Waals surface area contributed by atoms with E-state index in [1.807, 2.05) is 12.1 Å². The number of phenolic OH excluding ortho intramolecular Hbond substituents is 2. The molecule has 0 amide bonds. The number of fused-ring (bicyclic) bond motifs is 1. The molecular formula is C24H23FO6. The number of aromatic hydroxyl groups is 2. The lowest BCUT2D eigenvalue weighted by Gasteiger charge is -2.35. The van der Waals surface area contributed by atoms with E-state index in [0.717, 1.165) is 11.1 Å². The van der Waals surface area contributed by atoms with E-state index in [0.29, 0.717) is 28.6 Å². The Morgan fingerprint density at radius 1 is 0.871 bits per heavy atom. The predicted molar refractivity (Wildman–Crippen MR) is 112 cm³/mol. The quantitative estimate of drug-likeness (QED) is 0.622. The topological polar surface area (TPSA) is 77.4 Å². The van der Waals surface area contributed by atoms with Gasteiger partial charge >= 0.3 is 0 Å². The number of rotatable bonds is 5. The number of methoxy groups -OCH3 is 3. The second-order valence-electron chi connectivity index (χ2n) is 7.29. The molecule has 1 heterocycles. The second kappa shape index (κ2) is 8.26. The molecule has 0 spiro atoms. The highest BCUT2D eigenvalue weighted by molar-refractivity contribution is 5.57. The number of halogens is 1. The Balaban J connectivity index is 1.90. The second-order valence-corrected chi connectivity index (χ2v) is 7.29. The fourth-order valence-corrected chi connectivity index (χ4v) is 4.13. The van der Waals surface area contributed by atoms with Crippen molar-refractivity contribution < 1.29 is 33.6 Å². The molecule has 2 unspecified atom stereocenters. The lowest BCUT2D eigenvalue weighted by Crippen LogP contribution is -2.25. The molecule has 1 aliphatic heterocycles. The molecule has 2 N–H and O–H groups in total. The zero-order valence-corrected chi connectivity index (χ0v) is 17.4. The van der Waals surface area contributed by atoms with E-state index in [1.54, 1.807) is 38.5 Å². The molecular weight excluding hydrogens is 403 g/mol. The number of benzene rings is 3. The standard InChI is InChI=1S/C24H23FO6/c1-28-21-9-14(10-22(29-2)24(21)30-3)17-12-31-20-11-15(26)5-6-16(20)23(17)13-4-7-19(27)18(25)8-13/h4-11,17,23,26-27H,12H2,1-3H3. The van der Waals surface area contributed by atoms with Crippen LogP contribution in [0.3, 0.4) is 0 Å². The summed E-state index contributed by atoms with van der Waals surface area (Å²) >= 11 is 0. The molecule has 3 aromatic carbocycles. The van der Waals surface area contributed by atoms with Gasteiger partial charge in [0.1, 0.15) is 11.5 Å². The Kier molecular flexibility index (Phi) is 5.50. The van der Waals surface area contributed by atoms with Gasteiger partial charge in [0.2, 0.25) is 5.75 Å². The number of hydrogen-bond acceptors (Lipinski definition) is 6. The average Bonchev–Trinajstić information content (AvgIpc) is 2.78. The number of phenols is 2. The van der Waals surface area contributed by atoms with Crippen molar-refractivity contribution in [2.75, 3.05) is 27.9 Å². The van der Waals surface area contributed by atoms with Gasteiger partial charge in [-0.15, -0.1) is 0 Å². The van der Waals surface area contributed by atoms with Crippen LogP contribution in [0.5, 0.6) is 34.5 Å². The molecule has 7 heteroatoms. The molecule has 4 rings (SSSR count). The fraction of sp³-hybridized carbons (Fsp3) is 0.250. The number of ether oxygens (including phenoxy) is 4. The molecule has 6 nitrogen and oxygen atoms in total. The van der Waals surface area contributed by atoms with Crippen LogP contribution in [0.1, 0.15) is 28.5 Å². The number of hydrogen-bond donors (Lipinski definition) is 2. The Hall–Kier alpha value is -3.61. The molecule has 3 aromatic rings. The van der Waals surface area contributed by atoms with Crippen LogP contribution >= 0.6 is 0 Å². The largest absolute Gasteiger partial charge is 0.508 e. The molecule has 0 saturated heterocycles. The summed E-state index contributed by atoms with van der Waals surface area (Å²) in [7, 11) is 4.63. The van der Waals surface area contributed by atoms with E-state index in [4.69, 9.17) is 18.9 Å². The van der Waals surface area contributed by atoms with E-state index in [9.17, 15) is 14.6 Å². The van der Waals surface area contributed by atoms with E-state index in [2.05, 4.69) is 0 Å². The summed E-state index contributed by atoms with van der Waals surface area (Å²) in [5, 5.41) is 19.6. The molecule has 0 fully saturated rings. The average molecular weight is 426 g/mol. The molecule has 162 valence electrons. The van der Waals surface area contributed by atoms with Gasteiger partial charge in [0.15, 0.2) is 23.1 Å². The van der Waals surface area contributed by atoms with Crippen molar-refractivity contribution in [1.29, 1.82) is 0 Å². The van der Waals surface area contributed by atoms with Crippen molar-refractivity contribution in [3.05, 3.63) is 71.0 Å². The van der Waals surface area contributed by atoms with E-state index >= 15 is 0 Å². The predicted octanol–water partition coefficient (Wildman–Crippen LogP) is 4.57. The summed E-state index contributed by atoms with van der Waals surface area (Å²) in [6.07, 6.45) is 0. The van der Waals surface area contributed by atoms with Crippen LogP contribution < -0.4 is 18.9 Å². The zero-order chi connectivity index (χ0) is 22.1. The van der Waals surface area contributed by atoms with Gasteiger partial charge in [-0.1, -0.05) is 12.1 Å². The maximum atomic E-state index is 14.3. The first kappa shape index (κ1) is 20.7. The third-order valence-electron chi connectivity index (χ3n) is 5.60. The SMILES string of the molecule is COc1cc(C2COc3cc(O)ccc3C2c2ccc(O)c(F)c2)cc(OC)c1OC. The van der Waals surface area contributed by atoms with Crippen molar-refractivity contribution >= 4 is 0 Å². The smallest absolute Gasteiger partial charge is 0.203 e. The summed E-state index contributed by atoms with van der Waals surface area (Å²) in [4.78, 5) is 0. The third-order valence-corrected chi connectivity index (χ3v) is 5.60. The van der Waals surface area contributed by atoms with Gasteiger partial charge in [-0.25, -0.2) is 4.39 Å². The van der Waals surface area contributed by atoms with E-state index < -0.39 is 11.6 Å². The highest BCUT2D eigenvalue weighted by Gasteiger charge is 2.35.